The van der Waals surface area contributed by atoms with Gasteiger partial charge in [-0.1, -0.05) is 29.4 Å². The van der Waals surface area contributed by atoms with E-state index in [2.05, 4.69) is 10.5 Å². The molecule has 6 rings (SSSR count). The minimum Gasteiger partial charge on any atom is -0.493 e. The van der Waals surface area contributed by atoms with Crippen molar-refractivity contribution in [1.82, 2.24) is 20.3 Å². The van der Waals surface area contributed by atoms with Crippen LogP contribution in [0.15, 0.2) is 58.4 Å². The number of aromatic nitrogens is 1. The number of benzene rings is 2. The first-order valence-electron chi connectivity index (χ1n) is 14.4. The zero-order chi connectivity index (χ0) is 29.9. The van der Waals surface area contributed by atoms with E-state index < -0.39 is 5.92 Å². The van der Waals surface area contributed by atoms with Crippen LogP contribution in [0.1, 0.15) is 39.7 Å². The fourth-order valence-corrected chi connectivity index (χ4v) is 6.86. The van der Waals surface area contributed by atoms with Crippen molar-refractivity contribution in [3.8, 4) is 11.5 Å². The standard InChI is InChI=1S/C32H34N4O6S/c1-20-14-22(42-34-20)16-30(37)35-11-5-10-33-31(38)25-18-36(32(39)26-19-43-29-7-4-3-6-23(26)29)17-24(25)21-8-9-27(40-2)28(15-21)41-13-12-35/h3-4,6-9,14-15,19,24-25H,5,10-13,16-18H2,1-2H3,(H,33,38)/t24-,25+/m1/s1. The van der Waals surface area contributed by atoms with Crippen molar-refractivity contribution in [3.63, 3.8) is 0 Å². The number of fused-ring (bicyclic) bond motifs is 5. The number of thiophene rings is 1. The molecule has 1 N–H and O–H groups in total. The summed E-state index contributed by atoms with van der Waals surface area (Å²) in [5.41, 5.74) is 2.28. The number of aryl methyl sites for hydroxylation is 1. The molecule has 11 heteroatoms. The summed E-state index contributed by atoms with van der Waals surface area (Å²) >= 11 is 1.55. The number of carbonyl (C=O) groups is 3. The Hall–Kier alpha value is -4.38. The molecule has 3 amide bonds. The van der Waals surface area contributed by atoms with Gasteiger partial charge in [0, 0.05) is 53.6 Å². The van der Waals surface area contributed by atoms with Gasteiger partial charge in [0.2, 0.25) is 11.8 Å². The fourth-order valence-electron chi connectivity index (χ4n) is 5.92. The van der Waals surface area contributed by atoms with Crippen LogP contribution < -0.4 is 14.8 Å². The Balaban J connectivity index is 1.24. The summed E-state index contributed by atoms with van der Waals surface area (Å²) in [5.74, 6) is 0.652. The summed E-state index contributed by atoms with van der Waals surface area (Å²) in [6.07, 6.45) is 0.668. The molecule has 0 saturated carbocycles. The number of ether oxygens (including phenoxy) is 2. The first-order valence-corrected chi connectivity index (χ1v) is 15.3. The Bertz CT molecular complexity index is 1650. The van der Waals surface area contributed by atoms with Crippen molar-refractivity contribution in [2.75, 3.05) is 46.4 Å². The maximum atomic E-state index is 13.7. The Kier molecular flexibility index (Phi) is 8.33. The van der Waals surface area contributed by atoms with Gasteiger partial charge in [0.15, 0.2) is 11.5 Å². The number of hydrogen-bond donors (Lipinski definition) is 1. The van der Waals surface area contributed by atoms with Crippen LogP contribution in [0.4, 0.5) is 0 Å². The van der Waals surface area contributed by atoms with Crippen LogP contribution in [-0.4, -0.2) is 79.1 Å². The van der Waals surface area contributed by atoms with Gasteiger partial charge in [-0.15, -0.1) is 11.3 Å². The Labute approximate surface area is 253 Å². The van der Waals surface area contributed by atoms with Gasteiger partial charge >= 0.3 is 0 Å². The summed E-state index contributed by atoms with van der Waals surface area (Å²) in [4.78, 5) is 44.0. The third-order valence-electron chi connectivity index (χ3n) is 8.15. The van der Waals surface area contributed by atoms with Crippen LogP contribution >= 0.6 is 11.3 Å². The van der Waals surface area contributed by atoms with Crippen molar-refractivity contribution < 1.29 is 28.4 Å². The highest BCUT2D eigenvalue weighted by molar-refractivity contribution is 7.17. The van der Waals surface area contributed by atoms with E-state index in [0.717, 1.165) is 21.3 Å². The smallest absolute Gasteiger partial charge is 0.255 e. The molecule has 1 fully saturated rings. The average molecular weight is 603 g/mol. The van der Waals surface area contributed by atoms with Crippen LogP contribution in [0.2, 0.25) is 0 Å². The normalized spacial score (nSPS) is 19.3. The molecular weight excluding hydrogens is 568 g/mol. The summed E-state index contributed by atoms with van der Waals surface area (Å²) in [6, 6.07) is 15.3. The first kappa shape index (κ1) is 28.7. The predicted molar refractivity (Wildman–Crippen MR) is 162 cm³/mol. The van der Waals surface area contributed by atoms with E-state index in [4.69, 9.17) is 14.0 Å². The Morgan fingerprint density at radius 1 is 1.09 bits per heavy atom. The number of methoxy groups -OCH3 is 1. The predicted octanol–water partition coefficient (Wildman–Crippen LogP) is 4.03. The topological polar surface area (TPSA) is 114 Å². The first-order chi connectivity index (χ1) is 20.9. The molecule has 2 aromatic carbocycles. The molecule has 224 valence electrons. The molecule has 1 saturated heterocycles. The van der Waals surface area contributed by atoms with E-state index in [1.165, 1.54) is 0 Å². The van der Waals surface area contributed by atoms with Gasteiger partial charge in [-0.05, 0) is 37.1 Å². The lowest BCUT2D eigenvalue weighted by Gasteiger charge is -2.25. The van der Waals surface area contributed by atoms with Crippen LogP contribution in [0.25, 0.3) is 10.1 Å². The molecular formula is C32H34N4O6S. The zero-order valence-corrected chi connectivity index (χ0v) is 25.0. The van der Waals surface area contributed by atoms with Crippen molar-refractivity contribution in [1.29, 1.82) is 0 Å². The summed E-state index contributed by atoms with van der Waals surface area (Å²) in [6.45, 7) is 4.00. The van der Waals surface area contributed by atoms with Crippen molar-refractivity contribution in [3.05, 3.63) is 76.5 Å². The second-order valence-electron chi connectivity index (χ2n) is 11.0. The molecule has 2 bridgehead atoms. The lowest BCUT2D eigenvalue weighted by atomic mass is 9.88. The van der Waals surface area contributed by atoms with Crippen molar-refractivity contribution in [2.45, 2.75) is 25.7 Å². The number of hydrogen-bond acceptors (Lipinski definition) is 8. The monoisotopic (exact) mass is 602 g/mol. The van der Waals surface area contributed by atoms with Crippen molar-refractivity contribution in [2.24, 2.45) is 5.92 Å². The van der Waals surface area contributed by atoms with Gasteiger partial charge in [-0.25, -0.2) is 0 Å². The molecule has 0 radical (unpaired) electrons. The summed E-state index contributed by atoms with van der Waals surface area (Å²) in [5, 5.41) is 9.78. The second-order valence-corrected chi connectivity index (χ2v) is 11.9. The molecule has 4 heterocycles. The van der Waals surface area contributed by atoms with E-state index in [1.54, 1.807) is 34.3 Å². The number of nitrogens with one attached hydrogen (secondary N) is 1. The maximum absolute atomic E-state index is 13.7. The lowest BCUT2D eigenvalue weighted by Crippen LogP contribution is -2.40. The third kappa shape index (κ3) is 6.08. The van der Waals surface area contributed by atoms with Crippen molar-refractivity contribution >= 4 is 39.1 Å². The number of likely N-dealkylation sites (tertiary alicyclic amines) is 1. The minimum absolute atomic E-state index is 0.0724. The molecule has 43 heavy (non-hydrogen) atoms. The highest BCUT2D eigenvalue weighted by atomic mass is 32.1. The lowest BCUT2D eigenvalue weighted by molar-refractivity contribution is -0.131. The third-order valence-corrected chi connectivity index (χ3v) is 9.11. The van der Waals surface area contributed by atoms with Gasteiger partial charge in [0.1, 0.15) is 12.4 Å². The zero-order valence-electron chi connectivity index (χ0n) is 24.2. The molecule has 0 unspecified atom stereocenters. The van der Waals surface area contributed by atoms with E-state index in [1.807, 2.05) is 54.8 Å². The average Bonchev–Trinajstić information content (AvgIpc) is 3.76. The minimum atomic E-state index is -0.439. The van der Waals surface area contributed by atoms with Gasteiger partial charge < -0.3 is 29.1 Å². The SMILES string of the molecule is COc1ccc2cc1OCCN(C(=O)Cc1cc(C)no1)CCCNC(=O)[C@H]1CN(C(=O)c3csc4ccccc34)C[C@H]21. The fraction of sp³-hybridized carbons (Fsp3) is 0.375. The summed E-state index contributed by atoms with van der Waals surface area (Å²) in [7, 11) is 1.58. The van der Waals surface area contributed by atoms with E-state index in [-0.39, 0.29) is 36.7 Å². The van der Waals surface area contributed by atoms with Gasteiger partial charge in [0.05, 0.1) is 37.3 Å². The highest BCUT2D eigenvalue weighted by Gasteiger charge is 2.41. The van der Waals surface area contributed by atoms with Gasteiger partial charge in [-0.2, -0.15) is 0 Å². The molecule has 2 atom stereocenters. The number of carbonyl (C=O) groups excluding carboxylic acids is 3. The van der Waals surface area contributed by atoms with Crippen LogP contribution in [0.5, 0.6) is 11.5 Å². The molecule has 4 aromatic rings. The molecule has 0 aliphatic carbocycles. The summed E-state index contributed by atoms with van der Waals surface area (Å²) < 4.78 is 18.0. The van der Waals surface area contributed by atoms with Crippen LogP contribution in [-0.2, 0) is 16.0 Å². The molecule has 2 aromatic heterocycles. The van der Waals surface area contributed by atoms with Gasteiger partial charge in [-0.3, -0.25) is 14.4 Å². The number of nitrogens with zero attached hydrogens (tertiary/aromatic N) is 3. The highest BCUT2D eigenvalue weighted by Crippen LogP contribution is 2.39. The number of rotatable bonds is 4. The van der Waals surface area contributed by atoms with E-state index in [9.17, 15) is 14.4 Å². The Morgan fingerprint density at radius 2 is 1.93 bits per heavy atom. The quantitative estimate of drug-likeness (QED) is 0.375. The molecule has 10 nitrogen and oxygen atoms in total. The second kappa shape index (κ2) is 12.5. The maximum Gasteiger partial charge on any atom is 0.255 e. The molecule has 2 aliphatic rings. The van der Waals surface area contributed by atoms with Gasteiger partial charge in [0.25, 0.3) is 5.91 Å². The Morgan fingerprint density at radius 3 is 2.74 bits per heavy atom. The van der Waals surface area contributed by atoms with E-state index in [0.29, 0.717) is 62.0 Å². The molecule has 0 spiro atoms. The van der Waals surface area contributed by atoms with Crippen LogP contribution in [0.3, 0.4) is 0 Å². The number of amides is 3. The van der Waals surface area contributed by atoms with E-state index >= 15 is 0 Å². The largest absolute Gasteiger partial charge is 0.493 e. The molecule has 2 aliphatic heterocycles. The van der Waals surface area contributed by atoms with Crippen LogP contribution in [0, 0.1) is 12.8 Å².